The van der Waals surface area contributed by atoms with Gasteiger partial charge < -0.3 is 15.0 Å². The van der Waals surface area contributed by atoms with Gasteiger partial charge >= 0.3 is 0 Å². The van der Waals surface area contributed by atoms with E-state index in [1.54, 1.807) is 24.7 Å². The number of rotatable bonds is 5. The fourth-order valence-electron chi connectivity index (χ4n) is 1.83. The number of fused-ring (bicyclic) bond motifs is 1. The number of hydrogen-bond acceptors (Lipinski definition) is 7. The van der Waals surface area contributed by atoms with Gasteiger partial charge in [0, 0.05) is 18.3 Å². The third-order valence-electron chi connectivity index (χ3n) is 2.89. The van der Waals surface area contributed by atoms with Gasteiger partial charge in [-0.25, -0.2) is 9.97 Å². The minimum atomic E-state index is 0.494. The summed E-state index contributed by atoms with van der Waals surface area (Å²) in [7, 11) is 1.76. The highest BCUT2D eigenvalue weighted by Gasteiger charge is 2.11. The number of hydrogen-bond donors (Lipinski definition) is 2. The Hall–Kier alpha value is -2.22. The van der Waals surface area contributed by atoms with E-state index in [9.17, 15) is 0 Å². The molecule has 2 N–H and O–H groups in total. The summed E-state index contributed by atoms with van der Waals surface area (Å²) in [5.74, 6) is 1.01. The predicted octanol–water partition coefficient (Wildman–Crippen LogP) is 1.78. The lowest BCUT2D eigenvalue weighted by Crippen LogP contribution is -2.05. The lowest BCUT2D eigenvalue weighted by atomic mass is 10.3. The second-order valence-corrected chi connectivity index (χ2v) is 5.10. The van der Waals surface area contributed by atoms with Crippen LogP contribution in [-0.2, 0) is 6.42 Å². The van der Waals surface area contributed by atoms with E-state index in [0.29, 0.717) is 29.6 Å². The second-order valence-electron chi connectivity index (χ2n) is 4.16. The van der Waals surface area contributed by atoms with Gasteiger partial charge in [0.05, 0.1) is 24.1 Å². The highest BCUT2D eigenvalue weighted by atomic mass is 32.1. The molecule has 0 fully saturated rings. The van der Waals surface area contributed by atoms with Gasteiger partial charge in [-0.2, -0.15) is 9.97 Å². The molecule has 3 rings (SSSR count). The van der Waals surface area contributed by atoms with E-state index >= 15 is 0 Å². The number of imidazole rings is 1. The molecule has 0 amide bonds. The van der Waals surface area contributed by atoms with Gasteiger partial charge in [-0.3, -0.25) is 0 Å². The molecule has 3 heterocycles. The molecule has 8 heteroatoms. The van der Waals surface area contributed by atoms with E-state index < -0.39 is 0 Å². The molecule has 0 atom stereocenters. The lowest BCUT2D eigenvalue weighted by Gasteiger charge is -2.07. The first-order valence-electron chi connectivity index (χ1n) is 6.18. The zero-order chi connectivity index (χ0) is 13.9. The largest absolute Gasteiger partial charge is 0.476 e. The highest BCUT2D eigenvalue weighted by molar-refractivity contribution is 7.09. The third-order valence-corrected chi connectivity index (χ3v) is 3.88. The van der Waals surface area contributed by atoms with Crippen molar-refractivity contribution < 1.29 is 4.74 Å². The van der Waals surface area contributed by atoms with E-state index in [-0.39, 0.29) is 0 Å². The van der Waals surface area contributed by atoms with Crippen molar-refractivity contribution in [2.24, 2.45) is 0 Å². The molecule has 0 saturated heterocycles. The average molecular weight is 290 g/mol. The molecule has 104 valence electrons. The van der Waals surface area contributed by atoms with Crippen LogP contribution in [0, 0.1) is 6.92 Å². The summed E-state index contributed by atoms with van der Waals surface area (Å²) in [5.41, 5.74) is 4.21. The Morgan fingerprint density at radius 2 is 2.25 bits per heavy atom. The first-order valence-corrected chi connectivity index (χ1v) is 7.06. The van der Waals surface area contributed by atoms with E-state index in [1.807, 2.05) is 12.4 Å². The fraction of sp³-hybridized carbons (Fsp3) is 0.333. The molecule has 3 aromatic heterocycles. The van der Waals surface area contributed by atoms with Crippen LogP contribution in [0.4, 0.5) is 5.95 Å². The maximum Gasteiger partial charge on any atom is 0.245 e. The Morgan fingerprint density at radius 1 is 1.35 bits per heavy atom. The molecular formula is C12H14N6OS. The van der Waals surface area contributed by atoms with E-state index in [4.69, 9.17) is 4.74 Å². The number of thiazole rings is 1. The normalized spacial score (nSPS) is 10.9. The first-order chi connectivity index (χ1) is 9.78. The van der Waals surface area contributed by atoms with Crippen LogP contribution in [-0.4, -0.2) is 38.6 Å². The highest BCUT2D eigenvalue weighted by Crippen LogP contribution is 2.21. The number of ether oxygens (including phenoxy) is 1. The number of aryl methyl sites for hydroxylation is 1. The van der Waals surface area contributed by atoms with E-state index in [0.717, 1.165) is 12.1 Å². The quantitative estimate of drug-likeness (QED) is 0.744. The number of aromatic nitrogens is 5. The van der Waals surface area contributed by atoms with Crippen molar-refractivity contribution in [1.29, 1.82) is 0 Å². The molecule has 0 radical (unpaired) electrons. The van der Waals surface area contributed by atoms with Gasteiger partial charge in [-0.05, 0) is 6.92 Å². The van der Waals surface area contributed by atoms with Crippen LogP contribution in [0.1, 0.15) is 10.6 Å². The monoisotopic (exact) mass is 290 g/mol. The summed E-state index contributed by atoms with van der Waals surface area (Å²) in [6, 6.07) is 0. The zero-order valence-corrected chi connectivity index (χ0v) is 12.0. The topological polar surface area (TPSA) is 88.6 Å². The van der Waals surface area contributed by atoms with Gasteiger partial charge in [0.25, 0.3) is 0 Å². The van der Waals surface area contributed by atoms with Crippen LogP contribution in [0.25, 0.3) is 11.2 Å². The van der Waals surface area contributed by atoms with Crippen molar-refractivity contribution in [3.63, 3.8) is 0 Å². The zero-order valence-electron chi connectivity index (χ0n) is 11.2. The van der Waals surface area contributed by atoms with Crippen LogP contribution in [0.2, 0.25) is 0 Å². The molecule has 0 aliphatic rings. The number of nitrogens with one attached hydrogen (secondary N) is 2. The molecule has 0 bridgehead atoms. The van der Waals surface area contributed by atoms with E-state index in [2.05, 4.69) is 30.2 Å². The van der Waals surface area contributed by atoms with E-state index in [1.165, 1.54) is 4.88 Å². The maximum absolute atomic E-state index is 5.76. The summed E-state index contributed by atoms with van der Waals surface area (Å²) in [5, 5.41) is 2.90. The Bertz CT molecular complexity index is 722. The molecular weight excluding hydrogens is 276 g/mol. The summed E-state index contributed by atoms with van der Waals surface area (Å²) in [4.78, 5) is 21.1. The SMILES string of the molecule is CNc1nc(OCCc2scnc2C)c2[nH]cnc2n1. The molecule has 3 aromatic rings. The summed E-state index contributed by atoms with van der Waals surface area (Å²) in [6.45, 7) is 2.54. The molecule has 0 spiro atoms. The third kappa shape index (κ3) is 2.42. The van der Waals surface area contributed by atoms with Crippen LogP contribution < -0.4 is 10.1 Å². The standard InChI is InChI=1S/C12H14N6OS/c1-7-8(20-6-16-7)3-4-19-11-9-10(15-5-14-9)17-12(13-2)18-11/h5-6H,3-4H2,1-2H3,(H2,13,14,15,17,18). The lowest BCUT2D eigenvalue weighted by molar-refractivity contribution is 0.314. The van der Waals surface area contributed by atoms with Crippen molar-refractivity contribution in [1.82, 2.24) is 24.9 Å². The Morgan fingerprint density at radius 3 is 3.00 bits per heavy atom. The first kappa shape index (κ1) is 12.8. The van der Waals surface area contributed by atoms with Gasteiger partial charge in [-0.1, -0.05) is 0 Å². The van der Waals surface area contributed by atoms with Gasteiger partial charge in [-0.15, -0.1) is 11.3 Å². The van der Waals surface area contributed by atoms with Crippen molar-refractivity contribution in [2.75, 3.05) is 19.0 Å². The number of nitrogens with zero attached hydrogens (tertiary/aromatic N) is 4. The van der Waals surface area contributed by atoms with Crippen LogP contribution >= 0.6 is 11.3 Å². The van der Waals surface area contributed by atoms with Gasteiger partial charge in [0.2, 0.25) is 11.8 Å². The molecule has 0 aliphatic carbocycles. The molecule has 20 heavy (non-hydrogen) atoms. The van der Waals surface area contributed by atoms with Crippen molar-refractivity contribution in [3.05, 3.63) is 22.4 Å². The molecule has 0 aliphatic heterocycles. The summed E-state index contributed by atoms with van der Waals surface area (Å²) in [6.07, 6.45) is 2.39. The summed E-state index contributed by atoms with van der Waals surface area (Å²) >= 11 is 1.64. The Balaban J connectivity index is 1.76. The molecule has 0 aromatic carbocycles. The average Bonchev–Trinajstić information content (AvgIpc) is 3.07. The minimum absolute atomic E-state index is 0.494. The second kappa shape index (κ2) is 5.41. The van der Waals surface area contributed by atoms with Crippen LogP contribution in [0.15, 0.2) is 11.8 Å². The van der Waals surface area contributed by atoms with Gasteiger partial charge in [0.1, 0.15) is 5.52 Å². The fourth-order valence-corrected chi connectivity index (χ4v) is 2.59. The van der Waals surface area contributed by atoms with Crippen molar-refractivity contribution in [3.8, 4) is 5.88 Å². The minimum Gasteiger partial charge on any atom is -0.476 e. The Kier molecular flexibility index (Phi) is 3.46. The maximum atomic E-state index is 5.76. The van der Waals surface area contributed by atoms with Crippen molar-refractivity contribution >= 4 is 28.4 Å². The smallest absolute Gasteiger partial charge is 0.245 e. The van der Waals surface area contributed by atoms with Gasteiger partial charge in [0.15, 0.2) is 5.65 Å². The number of aromatic amines is 1. The number of H-pyrrole nitrogens is 1. The molecule has 7 nitrogen and oxygen atoms in total. The van der Waals surface area contributed by atoms with Crippen LogP contribution in [0.5, 0.6) is 5.88 Å². The van der Waals surface area contributed by atoms with Crippen molar-refractivity contribution in [2.45, 2.75) is 13.3 Å². The summed E-state index contributed by atoms with van der Waals surface area (Å²) < 4.78 is 5.76. The predicted molar refractivity (Wildman–Crippen MR) is 77.3 cm³/mol. The molecule has 0 saturated carbocycles. The van der Waals surface area contributed by atoms with Crippen LogP contribution in [0.3, 0.4) is 0 Å². The Labute approximate surface area is 119 Å². The number of anilines is 1. The molecule has 0 unspecified atom stereocenters.